The lowest BCUT2D eigenvalue weighted by atomic mass is 10.1. The maximum atomic E-state index is 12.7. The first-order valence-electron chi connectivity index (χ1n) is 8.60. The predicted molar refractivity (Wildman–Crippen MR) is 96.5 cm³/mol. The zero-order valence-corrected chi connectivity index (χ0v) is 14.8. The molecular weight excluding hydrogens is 360 g/mol. The van der Waals surface area contributed by atoms with Crippen molar-refractivity contribution in [3.8, 4) is 11.5 Å². The number of benzene rings is 2. The summed E-state index contributed by atoms with van der Waals surface area (Å²) in [5.41, 5.74) is 1.76. The SMILES string of the molecule is O=C(OCc1nnc(-c2ccccc2)o1)[C@H](Cc1ccccc1)n1cnnn1. The van der Waals surface area contributed by atoms with Crippen molar-refractivity contribution in [3.05, 3.63) is 78.4 Å². The lowest BCUT2D eigenvalue weighted by Crippen LogP contribution is -2.24. The summed E-state index contributed by atoms with van der Waals surface area (Å²) >= 11 is 0. The van der Waals surface area contributed by atoms with Crippen molar-refractivity contribution in [2.75, 3.05) is 0 Å². The Hall–Kier alpha value is -3.88. The van der Waals surface area contributed by atoms with Crippen LogP contribution in [-0.2, 0) is 22.6 Å². The quantitative estimate of drug-likeness (QED) is 0.452. The Bertz CT molecular complexity index is 1020. The predicted octanol–water partition coefficient (Wildman–Crippen LogP) is 2.25. The highest BCUT2D eigenvalue weighted by Gasteiger charge is 2.24. The van der Waals surface area contributed by atoms with Gasteiger partial charge in [0.1, 0.15) is 6.33 Å². The summed E-state index contributed by atoms with van der Waals surface area (Å²) in [7, 11) is 0. The minimum Gasteiger partial charge on any atom is -0.454 e. The van der Waals surface area contributed by atoms with Crippen molar-refractivity contribution in [2.45, 2.75) is 19.1 Å². The van der Waals surface area contributed by atoms with Gasteiger partial charge in [-0.3, -0.25) is 0 Å². The number of carbonyl (C=O) groups excluding carboxylic acids is 1. The number of rotatable bonds is 7. The molecule has 0 unspecified atom stereocenters. The van der Waals surface area contributed by atoms with E-state index in [-0.39, 0.29) is 12.5 Å². The summed E-state index contributed by atoms with van der Waals surface area (Å²) in [5, 5.41) is 19.0. The molecule has 0 aliphatic carbocycles. The maximum absolute atomic E-state index is 12.7. The van der Waals surface area contributed by atoms with Crippen molar-refractivity contribution >= 4 is 5.97 Å². The number of carbonyl (C=O) groups is 1. The lowest BCUT2D eigenvalue weighted by Gasteiger charge is -2.14. The fourth-order valence-electron chi connectivity index (χ4n) is 2.67. The third kappa shape index (κ3) is 4.09. The molecular formula is C19H16N6O3. The van der Waals surface area contributed by atoms with Crippen molar-refractivity contribution in [2.24, 2.45) is 0 Å². The zero-order chi connectivity index (χ0) is 19.2. The first-order valence-corrected chi connectivity index (χ1v) is 8.60. The molecule has 0 saturated heterocycles. The minimum atomic E-state index is -0.700. The molecule has 28 heavy (non-hydrogen) atoms. The molecule has 0 saturated carbocycles. The average Bonchev–Trinajstić information content (AvgIpc) is 3.44. The van der Waals surface area contributed by atoms with Crippen molar-refractivity contribution in [1.82, 2.24) is 30.4 Å². The Labute approximate surface area is 160 Å². The normalized spacial score (nSPS) is 11.9. The van der Waals surface area contributed by atoms with Crippen LogP contribution in [0.5, 0.6) is 0 Å². The first-order chi connectivity index (χ1) is 13.8. The van der Waals surface area contributed by atoms with E-state index in [2.05, 4.69) is 25.7 Å². The summed E-state index contributed by atoms with van der Waals surface area (Å²) in [6, 6.07) is 18.2. The summed E-state index contributed by atoms with van der Waals surface area (Å²) in [5.74, 6) is 0.0888. The first kappa shape index (κ1) is 17.5. The Balaban J connectivity index is 1.44. The Kier molecular flexibility index (Phi) is 5.14. The van der Waals surface area contributed by atoms with Crippen LogP contribution in [0.2, 0.25) is 0 Å². The number of hydrogen-bond donors (Lipinski definition) is 0. The fraction of sp³-hybridized carbons (Fsp3) is 0.158. The van der Waals surface area contributed by atoms with Crippen LogP contribution in [0.25, 0.3) is 11.5 Å². The summed E-state index contributed by atoms with van der Waals surface area (Å²) in [6.45, 7) is -0.133. The van der Waals surface area contributed by atoms with Gasteiger partial charge in [-0.25, -0.2) is 9.48 Å². The number of tetrazole rings is 1. The van der Waals surface area contributed by atoms with Crippen LogP contribution in [0.1, 0.15) is 17.5 Å². The maximum Gasteiger partial charge on any atom is 0.331 e. The third-order valence-electron chi connectivity index (χ3n) is 4.05. The van der Waals surface area contributed by atoms with Gasteiger partial charge < -0.3 is 9.15 Å². The van der Waals surface area contributed by atoms with Crippen LogP contribution < -0.4 is 0 Å². The Morgan fingerprint density at radius 1 is 1.04 bits per heavy atom. The van der Waals surface area contributed by atoms with E-state index in [9.17, 15) is 4.79 Å². The number of hydrogen-bond acceptors (Lipinski definition) is 8. The molecule has 2 aromatic carbocycles. The van der Waals surface area contributed by atoms with Gasteiger partial charge in [-0.15, -0.1) is 15.3 Å². The minimum absolute atomic E-state index is 0.133. The fourth-order valence-corrected chi connectivity index (χ4v) is 2.67. The molecule has 4 rings (SSSR count). The molecule has 0 spiro atoms. The Morgan fingerprint density at radius 3 is 2.50 bits per heavy atom. The van der Waals surface area contributed by atoms with Crippen LogP contribution in [-0.4, -0.2) is 36.4 Å². The van der Waals surface area contributed by atoms with Gasteiger partial charge in [0.05, 0.1) is 0 Å². The van der Waals surface area contributed by atoms with Gasteiger partial charge in [-0.2, -0.15) is 0 Å². The van der Waals surface area contributed by atoms with E-state index in [0.29, 0.717) is 12.3 Å². The molecule has 0 aliphatic rings. The van der Waals surface area contributed by atoms with Crippen LogP contribution in [0.15, 0.2) is 71.4 Å². The monoisotopic (exact) mass is 376 g/mol. The van der Waals surface area contributed by atoms with Gasteiger partial charge in [0, 0.05) is 12.0 Å². The van der Waals surface area contributed by atoms with Crippen LogP contribution in [0.4, 0.5) is 0 Å². The van der Waals surface area contributed by atoms with Gasteiger partial charge in [-0.05, 0) is 28.1 Å². The van der Waals surface area contributed by atoms with Crippen molar-refractivity contribution < 1.29 is 13.9 Å². The molecule has 0 N–H and O–H groups in total. The van der Waals surface area contributed by atoms with Crippen molar-refractivity contribution in [3.63, 3.8) is 0 Å². The van der Waals surface area contributed by atoms with Gasteiger partial charge in [0.15, 0.2) is 12.6 Å². The third-order valence-corrected chi connectivity index (χ3v) is 4.05. The number of esters is 1. The second-order valence-corrected chi connectivity index (χ2v) is 5.97. The highest BCUT2D eigenvalue weighted by molar-refractivity contribution is 5.74. The molecule has 4 aromatic rings. The molecule has 0 bridgehead atoms. The smallest absolute Gasteiger partial charge is 0.331 e. The molecule has 0 radical (unpaired) electrons. The number of aromatic nitrogens is 6. The molecule has 9 heteroatoms. The molecule has 1 atom stereocenters. The summed E-state index contributed by atoms with van der Waals surface area (Å²) in [4.78, 5) is 12.7. The number of nitrogens with zero attached hydrogens (tertiary/aromatic N) is 6. The molecule has 0 aliphatic heterocycles. The largest absolute Gasteiger partial charge is 0.454 e. The highest BCUT2D eigenvalue weighted by Crippen LogP contribution is 2.19. The van der Waals surface area contributed by atoms with E-state index in [0.717, 1.165) is 11.1 Å². The molecule has 0 fully saturated rings. The van der Waals surface area contributed by atoms with E-state index >= 15 is 0 Å². The van der Waals surface area contributed by atoms with E-state index in [1.807, 2.05) is 60.7 Å². The van der Waals surface area contributed by atoms with Crippen molar-refractivity contribution in [1.29, 1.82) is 0 Å². The topological polar surface area (TPSA) is 109 Å². The van der Waals surface area contributed by atoms with Gasteiger partial charge in [0.25, 0.3) is 5.89 Å². The second-order valence-electron chi connectivity index (χ2n) is 5.97. The Morgan fingerprint density at radius 2 is 1.79 bits per heavy atom. The van der Waals surface area contributed by atoms with E-state index in [1.54, 1.807) is 0 Å². The molecule has 2 aromatic heterocycles. The summed E-state index contributed by atoms with van der Waals surface area (Å²) < 4.78 is 12.3. The molecule has 140 valence electrons. The number of ether oxygens (including phenoxy) is 1. The molecule has 9 nitrogen and oxygen atoms in total. The second kappa shape index (κ2) is 8.21. The molecule has 2 heterocycles. The van der Waals surface area contributed by atoms with Crippen LogP contribution in [0.3, 0.4) is 0 Å². The van der Waals surface area contributed by atoms with Crippen LogP contribution in [0, 0.1) is 0 Å². The van der Waals surface area contributed by atoms with Gasteiger partial charge in [-0.1, -0.05) is 48.5 Å². The standard InChI is InChI=1S/C19H16N6O3/c26-19(16(25-13-20-23-24-25)11-14-7-3-1-4-8-14)27-12-17-21-22-18(28-17)15-9-5-2-6-10-15/h1-10,13,16H,11-12H2/t16-/m0/s1. The summed E-state index contributed by atoms with van der Waals surface area (Å²) in [6.07, 6.45) is 1.78. The zero-order valence-electron chi connectivity index (χ0n) is 14.8. The van der Waals surface area contributed by atoms with E-state index in [4.69, 9.17) is 9.15 Å². The van der Waals surface area contributed by atoms with E-state index < -0.39 is 12.0 Å². The average molecular weight is 376 g/mol. The lowest BCUT2D eigenvalue weighted by molar-refractivity contribution is -0.150. The van der Waals surface area contributed by atoms with Gasteiger partial charge >= 0.3 is 5.97 Å². The van der Waals surface area contributed by atoms with E-state index in [1.165, 1.54) is 11.0 Å². The van der Waals surface area contributed by atoms with Gasteiger partial charge in [0.2, 0.25) is 5.89 Å². The molecule has 0 amide bonds. The van der Waals surface area contributed by atoms with Crippen LogP contribution >= 0.6 is 0 Å². The highest BCUT2D eigenvalue weighted by atomic mass is 16.5.